The van der Waals surface area contributed by atoms with E-state index in [1.54, 1.807) is 24.3 Å². The predicted octanol–water partition coefficient (Wildman–Crippen LogP) is 4.26. The number of thioether (sulfide) groups is 1. The van der Waals surface area contributed by atoms with Crippen LogP contribution in [0.4, 0.5) is 5.95 Å². The molecule has 1 atom stereocenters. The third-order valence-electron chi connectivity index (χ3n) is 5.21. The van der Waals surface area contributed by atoms with Gasteiger partial charge in [0.15, 0.2) is 10.9 Å². The van der Waals surface area contributed by atoms with Gasteiger partial charge in [0.25, 0.3) is 0 Å². The van der Waals surface area contributed by atoms with Crippen LogP contribution in [0, 0.1) is 0 Å². The van der Waals surface area contributed by atoms with E-state index < -0.39 is 6.10 Å². The van der Waals surface area contributed by atoms with Gasteiger partial charge in [0.2, 0.25) is 5.95 Å². The summed E-state index contributed by atoms with van der Waals surface area (Å²) in [5.74, 6) is 1.77. The minimum absolute atomic E-state index is 0.00363. The standard InChI is InChI=1S/C23H25ClN4O3S/c1-16(29)17-8-10-19(11-9-17)31-14-18(30)15-32-23-26-25-22(27-12-4-5-13-27)28(23)21-7-3-2-6-20(21)24/h2-3,6-11,18,30H,4-5,12-15H2,1H3. The van der Waals surface area contributed by atoms with Gasteiger partial charge in [0.05, 0.1) is 16.8 Å². The van der Waals surface area contributed by atoms with Crippen LogP contribution in [0.3, 0.4) is 0 Å². The number of ether oxygens (including phenoxy) is 1. The lowest BCUT2D eigenvalue weighted by Crippen LogP contribution is -2.22. The van der Waals surface area contributed by atoms with Crippen LogP contribution in [0.1, 0.15) is 30.1 Å². The molecule has 2 heterocycles. The summed E-state index contributed by atoms with van der Waals surface area (Å²) in [5, 5.41) is 20.6. The molecule has 0 radical (unpaired) electrons. The fourth-order valence-corrected chi connectivity index (χ4v) is 4.58. The molecule has 1 aliphatic rings. The van der Waals surface area contributed by atoms with Crippen LogP contribution >= 0.6 is 23.4 Å². The summed E-state index contributed by atoms with van der Waals surface area (Å²) in [7, 11) is 0. The zero-order valence-corrected chi connectivity index (χ0v) is 19.3. The van der Waals surface area contributed by atoms with E-state index in [1.165, 1.54) is 18.7 Å². The molecule has 0 spiro atoms. The lowest BCUT2D eigenvalue weighted by atomic mass is 10.1. The van der Waals surface area contributed by atoms with Crippen molar-refractivity contribution in [3.05, 3.63) is 59.1 Å². The predicted molar refractivity (Wildman–Crippen MR) is 126 cm³/mol. The largest absolute Gasteiger partial charge is 0.491 e. The highest BCUT2D eigenvalue weighted by Crippen LogP contribution is 2.32. The summed E-state index contributed by atoms with van der Waals surface area (Å²) >= 11 is 7.89. The van der Waals surface area contributed by atoms with Crippen molar-refractivity contribution in [1.29, 1.82) is 0 Å². The molecule has 32 heavy (non-hydrogen) atoms. The molecule has 1 unspecified atom stereocenters. The van der Waals surface area contributed by atoms with Crippen LogP contribution in [0.25, 0.3) is 5.69 Å². The van der Waals surface area contributed by atoms with Gasteiger partial charge in [0.1, 0.15) is 12.4 Å². The van der Waals surface area contributed by atoms with E-state index in [0.717, 1.165) is 37.6 Å². The maximum atomic E-state index is 11.4. The first kappa shape index (κ1) is 22.6. The molecule has 1 N–H and O–H groups in total. The number of hydrogen-bond donors (Lipinski definition) is 1. The fourth-order valence-electron chi connectivity index (χ4n) is 3.52. The van der Waals surface area contributed by atoms with Crippen LogP contribution in [0.5, 0.6) is 5.75 Å². The Morgan fingerprint density at radius 2 is 1.88 bits per heavy atom. The Morgan fingerprint density at radius 3 is 2.56 bits per heavy atom. The number of aliphatic hydroxyl groups is 1. The molecule has 0 saturated carbocycles. The van der Waals surface area contributed by atoms with E-state index in [0.29, 0.717) is 27.2 Å². The zero-order valence-electron chi connectivity index (χ0n) is 17.8. The Morgan fingerprint density at radius 1 is 1.16 bits per heavy atom. The van der Waals surface area contributed by atoms with E-state index >= 15 is 0 Å². The first-order chi connectivity index (χ1) is 15.5. The van der Waals surface area contributed by atoms with Crippen LogP contribution in [0.15, 0.2) is 53.7 Å². The number of benzene rings is 2. The summed E-state index contributed by atoms with van der Waals surface area (Å²) in [6.07, 6.45) is 1.54. The van der Waals surface area contributed by atoms with E-state index in [-0.39, 0.29) is 12.4 Å². The smallest absolute Gasteiger partial charge is 0.232 e. The maximum absolute atomic E-state index is 11.4. The average molecular weight is 473 g/mol. The molecule has 1 saturated heterocycles. The number of carbonyl (C=O) groups is 1. The number of anilines is 1. The third-order valence-corrected chi connectivity index (χ3v) is 6.60. The SMILES string of the molecule is CC(=O)c1ccc(OCC(O)CSc2nnc(N3CCCC3)n2-c2ccccc2Cl)cc1. The molecule has 1 aromatic heterocycles. The fraction of sp³-hybridized carbons (Fsp3) is 0.348. The monoisotopic (exact) mass is 472 g/mol. The van der Waals surface area contributed by atoms with Crippen LogP contribution in [-0.4, -0.2) is 57.2 Å². The van der Waals surface area contributed by atoms with Crippen molar-refractivity contribution in [1.82, 2.24) is 14.8 Å². The number of aliphatic hydroxyl groups excluding tert-OH is 1. The highest BCUT2D eigenvalue weighted by molar-refractivity contribution is 7.99. The van der Waals surface area contributed by atoms with Gasteiger partial charge in [-0.15, -0.1) is 10.2 Å². The van der Waals surface area contributed by atoms with Gasteiger partial charge >= 0.3 is 0 Å². The molecule has 0 amide bonds. The van der Waals surface area contributed by atoms with E-state index in [4.69, 9.17) is 16.3 Å². The molecule has 2 aromatic carbocycles. The van der Waals surface area contributed by atoms with Gasteiger partial charge in [0, 0.05) is 24.4 Å². The second kappa shape index (κ2) is 10.4. The highest BCUT2D eigenvalue weighted by Gasteiger charge is 2.24. The Balaban J connectivity index is 1.43. The van der Waals surface area contributed by atoms with Crippen LogP contribution < -0.4 is 9.64 Å². The molecule has 7 nitrogen and oxygen atoms in total. The van der Waals surface area contributed by atoms with Gasteiger partial charge in [-0.25, -0.2) is 0 Å². The molecule has 168 valence electrons. The number of nitrogens with zero attached hydrogens (tertiary/aromatic N) is 4. The summed E-state index contributed by atoms with van der Waals surface area (Å²) in [6.45, 7) is 3.53. The zero-order chi connectivity index (χ0) is 22.5. The van der Waals surface area contributed by atoms with Crippen molar-refractivity contribution in [2.75, 3.05) is 30.3 Å². The van der Waals surface area contributed by atoms with Crippen LogP contribution in [0.2, 0.25) is 5.02 Å². The number of aromatic nitrogens is 3. The Labute approximate surface area is 196 Å². The van der Waals surface area contributed by atoms with Gasteiger partial charge < -0.3 is 14.7 Å². The molecule has 3 aromatic rings. The van der Waals surface area contributed by atoms with E-state index in [1.807, 2.05) is 28.8 Å². The molecule has 0 bridgehead atoms. The van der Waals surface area contributed by atoms with Crippen molar-refractivity contribution < 1.29 is 14.6 Å². The van der Waals surface area contributed by atoms with Gasteiger partial charge in [-0.2, -0.15) is 0 Å². The first-order valence-electron chi connectivity index (χ1n) is 10.5. The average Bonchev–Trinajstić information content (AvgIpc) is 3.47. The number of hydrogen-bond acceptors (Lipinski definition) is 7. The molecular formula is C23H25ClN4O3S. The lowest BCUT2D eigenvalue weighted by Gasteiger charge is -2.19. The van der Waals surface area contributed by atoms with Crippen molar-refractivity contribution in [3.8, 4) is 11.4 Å². The third kappa shape index (κ3) is 5.26. The minimum atomic E-state index is -0.709. The normalized spacial score (nSPS) is 14.5. The van der Waals surface area contributed by atoms with Crippen molar-refractivity contribution in [3.63, 3.8) is 0 Å². The van der Waals surface area contributed by atoms with Crippen molar-refractivity contribution >= 4 is 35.1 Å². The van der Waals surface area contributed by atoms with Crippen molar-refractivity contribution in [2.24, 2.45) is 0 Å². The quantitative estimate of drug-likeness (QED) is 0.368. The molecule has 1 aliphatic heterocycles. The number of halogens is 1. The van der Waals surface area contributed by atoms with Crippen molar-refractivity contribution in [2.45, 2.75) is 31.0 Å². The van der Waals surface area contributed by atoms with Crippen LogP contribution in [-0.2, 0) is 0 Å². The van der Waals surface area contributed by atoms with E-state index in [9.17, 15) is 9.90 Å². The first-order valence-corrected chi connectivity index (χ1v) is 11.9. The minimum Gasteiger partial charge on any atom is -0.491 e. The Kier molecular flexibility index (Phi) is 7.34. The molecule has 1 fully saturated rings. The Hall–Kier alpha value is -2.55. The number of ketones is 1. The topological polar surface area (TPSA) is 80.5 Å². The highest BCUT2D eigenvalue weighted by atomic mass is 35.5. The number of Topliss-reactive ketones (excluding diaryl/α,β-unsaturated/α-hetero) is 1. The molecule has 4 rings (SSSR count). The Bertz CT molecular complexity index is 1070. The summed E-state index contributed by atoms with van der Waals surface area (Å²) in [5.41, 5.74) is 1.45. The van der Waals surface area contributed by atoms with Gasteiger partial charge in [-0.05, 0) is 56.2 Å². The number of rotatable bonds is 9. The summed E-state index contributed by atoms with van der Waals surface area (Å²) < 4.78 is 7.63. The van der Waals surface area contributed by atoms with Gasteiger partial charge in [-0.3, -0.25) is 9.36 Å². The number of carbonyl (C=O) groups excluding carboxylic acids is 1. The molecule has 9 heteroatoms. The maximum Gasteiger partial charge on any atom is 0.232 e. The summed E-state index contributed by atoms with van der Waals surface area (Å²) in [4.78, 5) is 13.6. The summed E-state index contributed by atoms with van der Waals surface area (Å²) in [6, 6.07) is 14.5. The van der Waals surface area contributed by atoms with Gasteiger partial charge in [-0.1, -0.05) is 35.5 Å². The second-order valence-corrected chi connectivity index (χ2v) is 9.01. The van der Waals surface area contributed by atoms with E-state index in [2.05, 4.69) is 15.1 Å². The molecule has 0 aliphatic carbocycles. The number of para-hydroxylation sites is 1. The second-order valence-electron chi connectivity index (χ2n) is 7.62. The lowest BCUT2D eigenvalue weighted by molar-refractivity contribution is 0.101. The molecular weight excluding hydrogens is 448 g/mol.